The van der Waals surface area contributed by atoms with Crippen LogP contribution in [-0.2, 0) is 16.1 Å². The van der Waals surface area contributed by atoms with Crippen molar-refractivity contribution in [3.8, 4) is 5.75 Å². The number of carbonyl (C=O) groups is 3. The Hall–Kier alpha value is -3.72. The Balaban J connectivity index is 1.59. The first-order chi connectivity index (χ1) is 15.5. The second kappa shape index (κ2) is 9.19. The number of halogens is 1. The maximum absolute atomic E-state index is 13.2. The molecule has 4 rings (SSSR count). The third-order valence-corrected chi connectivity index (χ3v) is 5.95. The molecule has 1 aliphatic rings. The van der Waals surface area contributed by atoms with Gasteiger partial charge in [0.1, 0.15) is 17.6 Å². The second-order valence-electron chi connectivity index (χ2n) is 7.13. The predicted molar refractivity (Wildman–Crippen MR) is 119 cm³/mol. The quantitative estimate of drug-likeness (QED) is 0.566. The minimum Gasteiger partial charge on any atom is -0.497 e. The van der Waals surface area contributed by atoms with Crippen molar-refractivity contribution in [1.82, 2.24) is 4.90 Å². The Kier molecular flexibility index (Phi) is 6.18. The Morgan fingerprint density at radius 2 is 1.88 bits per heavy atom. The zero-order valence-electron chi connectivity index (χ0n) is 17.2. The Bertz CT molecular complexity index is 1120. The normalized spacial score (nSPS) is 15.7. The van der Waals surface area contributed by atoms with E-state index >= 15 is 0 Å². The lowest BCUT2D eigenvalue weighted by Crippen LogP contribution is -2.46. The monoisotopic (exact) mass is 453 g/mol. The summed E-state index contributed by atoms with van der Waals surface area (Å²) in [5.74, 6) is -0.700. The van der Waals surface area contributed by atoms with Gasteiger partial charge >= 0.3 is 6.03 Å². The highest BCUT2D eigenvalue weighted by molar-refractivity contribution is 7.09. The van der Waals surface area contributed by atoms with Gasteiger partial charge in [-0.25, -0.2) is 14.1 Å². The first-order valence-electron chi connectivity index (χ1n) is 9.82. The number of ether oxygens (including phenoxy) is 1. The highest BCUT2D eigenvalue weighted by atomic mass is 32.1. The van der Waals surface area contributed by atoms with E-state index in [0.717, 1.165) is 9.78 Å². The number of thiophene rings is 1. The lowest BCUT2D eigenvalue weighted by Gasteiger charge is -2.27. The number of imide groups is 1. The number of methoxy groups -OCH3 is 1. The van der Waals surface area contributed by atoms with E-state index in [-0.39, 0.29) is 13.0 Å². The van der Waals surface area contributed by atoms with Crippen molar-refractivity contribution in [3.63, 3.8) is 0 Å². The van der Waals surface area contributed by atoms with Gasteiger partial charge in [-0.15, -0.1) is 11.3 Å². The summed E-state index contributed by atoms with van der Waals surface area (Å²) in [4.78, 5) is 42.4. The van der Waals surface area contributed by atoms with E-state index in [2.05, 4.69) is 5.32 Å². The largest absolute Gasteiger partial charge is 0.497 e. The van der Waals surface area contributed by atoms with Crippen LogP contribution in [0, 0.1) is 5.82 Å². The van der Waals surface area contributed by atoms with Crippen LogP contribution in [0.5, 0.6) is 5.75 Å². The summed E-state index contributed by atoms with van der Waals surface area (Å²) in [6, 6.07) is 14.1. The van der Waals surface area contributed by atoms with Gasteiger partial charge in [0.25, 0.3) is 5.91 Å². The number of anilines is 2. The molecule has 1 aliphatic heterocycles. The molecule has 0 saturated carbocycles. The number of nitrogens with one attached hydrogen (secondary N) is 1. The molecule has 0 spiro atoms. The number of hydrogen-bond acceptors (Lipinski definition) is 5. The van der Waals surface area contributed by atoms with E-state index in [4.69, 9.17) is 4.74 Å². The summed E-state index contributed by atoms with van der Waals surface area (Å²) in [5, 5.41) is 4.56. The molecule has 1 aromatic heterocycles. The summed E-state index contributed by atoms with van der Waals surface area (Å²) in [7, 11) is 1.53. The van der Waals surface area contributed by atoms with Crippen molar-refractivity contribution in [3.05, 3.63) is 76.7 Å². The summed E-state index contributed by atoms with van der Waals surface area (Å²) < 4.78 is 18.3. The third-order valence-electron chi connectivity index (χ3n) is 5.09. The maximum Gasteiger partial charge on any atom is 0.322 e. The van der Waals surface area contributed by atoms with E-state index in [1.807, 2.05) is 17.5 Å². The molecule has 7 nitrogen and oxygen atoms in total. The molecule has 2 heterocycles. The minimum absolute atomic E-state index is 0.132. The van der Waals surface area contributed by atoms with Gasteiger partial charge in [-0.2, -0.15) is 0 Å². The molecule has 1 atom stereocenters. The molecule has 1 N–H and O–H groups in total. The molecule has 0 aliphatic carbocycles. The molecule has 164 valence electrons. The van der Waals surface area contributed by atoms with E-state index < -0.39 is 29.7 Å². The van der Waals surface area contributed by atoms with Gasteiger partial charge in [0.2, 0.25) is 5.91 Å². The van der Waals surface area contributed by atoms with E-state index in [0.29, 0.717) is 17.1 Å². The molecule has 0 radical (unpaired) electrons. The molecule has 1 unspecified atom stereocenters. The first kappa shape index (κ1) is 21.5. The SMILES string of the molecule is COc1ccc(N2C(=O)CC(N(Cc3cccs3)C(=O)Nc3ccc(F)cc3)C2=O)cc1. The van der Waals surface area contributed by atoms with E-state index in [1.54, 1.807) is 24.3 Å². The zero-order chi connectivity index (χ0) is 22.7. The van der Waals surface area contributed by atoms with Crippen LogP contribution >= 0.6 is 11.3 Å². The fourth-order valence-corrected chi connectivity index (χ4v) is 4.19. The maximum atomic E-state index is 13.2. The Morgan fingerprint density at radius 1 is 1.16 bits per heavy atom. The third kappa shape index (κ3) is 4.47. The highest BCUT2D eigenvalue weighted by Gasteiger charge is 2.44. The summed E-state index contributed by atoms with van der Waals surface area (Å²) >= 11 is 1.44. The number of carbonyl (C=O) groups excluding carboxylic acids is 3. The number of benzene rings is 2. The summed E-state index contributed by atoms with van der Waals surface area (Å²) in [5.41, 5.74) is 0.801. The van der Waals surface area contributed by atoms with E-state index in [9.17, 15) is 18.8 Å². The number of nitrogens with zero attached hydrogens (tertiary/aromatic N) is 2. The summed E-state index contributed by atoms with van der Waals surface area (Å²) in [6.07, 6.45) is -0.132. The van der Waals surface area contributed by atoms with E-state index in [1.165, 1.54) is 47.6 Å². The molecule has 1 fully saturated rings. The van der Waals surface area contributed by atoms with Crippen molar-refractivity contribution in [2.45, 2.75) is 19.0 Å². The fraction of sp³-hybridized carbons (Fsp3) is 0.174. The first-order valence-corrected chi connectivity index (χ1v) is 10.7. The number of amides is 4. The van der Waals surface area contributed by atoms with Crippen LogP contribution < -0.4 is 15.0 Å². The van der Waals surface area contributed by atoms with Gasteiger partial charge in [0.15, 0.2) is 0 Å². The van der Waals surface area contributed by atoms with Crippen molar-refractivity contribution in [1.29, 1.82) is 0 Å². The number of urea groups is 1. The van der Waals surface area contributed by atoms with Crippen LogP contribution in [0.1, 0.15) is 11.3 Å². The summed E-state index contributed by atoms with van der Waals surface area (Å²) in [6.45, 7) is 0.158. The molecular weight excluding hydrogens is 433 g/mol. The molecule has 3 aromatic rings. The Labute approximate surface area is 188 Å². The van der Waals surface area contributed by atoms with Crippen LogP contribution in [0.4, 0.5) is 20.6 Å². The molecule has 1 saturated heterocycles. The van der Waals surface area contributed by atoms with Gasteiger partial charge < -0.3 is 15.0 Å². The van der Waals surface area contributed by atoms with Crippen molar-refractivity contribution in [2.75, 3.05) is 17.3 Å². The van der Waals surface area contributed by atoms with Crippen LogP contribution in [0.25, 0.3) is 0 Å². The second-order valence-corrected chi connectivity index (χ2v) is 8.16. The standard InChI is InChI=1S/C23H20FN3O4S/c1-31-18-10-8-17(9-11-18)27-21(28)13-20(22(27)29)26(14-19-3-2-12-32-19)23(30)25-16-6-4-15(24)5-7-16/h2-12,20H,13-14H2,1H3,(H,25,30). The van der Waals surface area contributed by atoms with Gasteiger partial charge in [-0.1, -0.05) is 6.07 Å². The molecule has 2 aromatic carbocycles. The zero-order valence-corrected chi connectivity index (χ0v) is 18.0. The topological polar surface area (TPSA) is 79.0 Å². The van der Waals surface area contributed by atoms with Crippen molar-refractivity contribution in [2.24, 2.45) is 0 Å². The van der Waals surface area contributed by atoms with Crippen molar-refractivity contribution >= 4 is 40.6 Å². The van der Waals surface area contributed by atoms with Gasteiger partial charge in [0, 0.05) is 10.6 Å². The van der Waals surface area contributed by atoms with Gasteiger partial charge in [0.05, 0.1) is 25.8 Å². The van der Waals surface area contributed by atoms with Gasteiger partial charge in [-0.05, 0) is 60.0 Å². The van der Waals surface area contributed by atoms with Crippen LogP contribution in [-0.4, -0.2) is 35.9 Å². The molecule has 0 bridgehead atoms. The lowest BCUT2D eigenvalue weighted by atomic mass is 10.2. The van der Waals surface area contributed by atoms with Gasteiger partial charge in [-0.3, -0.25) is 9.59 Å². The molecule has 4 amide bonds. The smallest absolute Gasteiger partial charge is 0.322 e. The Morgan fingerprint density at radius 3 is 2.50 bits per heavy atom. The number of rotatable bonds is 6. The molecular formula is C23H20FN3O4S. The van der Waals surface area contributed by atoms with Crippen LogP contribution in [0.2, 0.25) is 0 Å². The van der Waals surface area contributed by atoms with Crippen molar-refractivity contribution < 1.29 is 23.5 Å². The lowest BCUT2D eigenvalue weighted by molar-refractivity contribution is -0.122. The minimum atomic E-state index is -0.966. The average Bonchev–Trinajstić information content (AvgIpc) is 3.41. The average molecular weight is 453 g/mol. The van der Waals surface area contributed by atoms with Crippen LogP contribution in [0.3, 0.4) is 0 Å². The molecule has 32 heavy (non-hydrogen) atoms. The van der Waals surface area contributed by atoms with Crippen LogP contribution in [0.15, 0.2) is 66.0 Å². The number of hydrogen-bond donors (Lipinski definition) is 1. The predicted octanol–water partition coefficient (Wildman–Crippen LogP) is 4.26. The fourth-order valence-electron chi connectivity index (χ4n) is 3.48. The molecule has 9 heteroatoms. The highest BCUT2D eigenvalue weighted by Crippen LogP contribution is 2.29.